The van der Waals surface area contributed by atoms with E-state index < -0.39 is 17.3 Å². The first-order valence-corrected chi connectivity index (χ1v) is 8.52. The van der Waals surface area contributed by atoms with Crippen LogP contribution in [-0.4, -0.2) is 35.1 Å². The molecule has 1 fully saturated rings. The number of carboxylic acids is 1. The van der Waals surface area contributed by atoms with Crippen LogP contribution in [0.4, 0.5) is 5.69 Å². The van der Waals surface area contributed by atoms with Crippen LogP contribution in [0.1, 0.15) is 11.6 Å². The first-order valence-electron chi connectivity index (χ1n) is 7.47. The van der Waals surface area contributed by atoms with Crippen LogP contribution in [0.3, 0.4) is 0 Å². The Morgan fingerprint density at radius 3 is 2.42 bits per heavy atom. The number of anilines is 1. The molecule has 2 atom stereocenters. The molecule has 0 saturated carbocycles. The largest absolute Gasteiger partial charge is 0.497 e. The molecule has 1 amide bonds. The Hall–Kier alpha value is -2.47. The molecular formula is C18H17NO4S. The number of carboxylic acid groups (broad SMARTS) is 1. The average Bonchev–Trinajstić information content (AvgIpc) is 2.62. The summed E-state index contributed by atoms with van der Waals surface area (Å²) in [5.41, 5.74) is 1.47. The third kappa shape index (κ3) is 3.10. The van der Waals surface area contributed by atoms with Gasteiger partial charge in [0, 0.05) is 5.69 Å². The summed E-state index contributed by atoms with van der Waals surface area (Å²) < 4.78 is 5.15. The van der Waals surface area contributed by atoms with Gasteiger partial charge in [0.1, 0.15) is 11.0 Å². The van der Waals surface area contributed by atoms with Crippen LogP contribution in [0.25, 0.3) is 0 Å². The molecule has 6 heteroatoms. The molecule has 0 aliphatic carbocycles. The van der Waals surface area contributed by atoms with Crippen molar-refractivity contribution in [3.05, 3.63) is 60.2 Å². The third-order valence-corrected chi connectivity index (χ3v) is 5.19. The Labute approximate surface area is 144 Å². The van der Waals surface area contributed by atoms with E-state index >= 15 is 0 Å². The second kappa shape index (κ2) is 6.97. The van der Waals surface area contributed by atoms with E-state index in [0.29, 0.717) is 11.4 Å². The van der Waals surface area contributed by atoms with Gasteiger partial charge in [-0.2, -0.15) is 0 Å². The number of aliphatic carboxylic acids is 1. The Morgan fingerprint density at radius 1 is 1.17 bits per heavy atom. The lowest BCUT2D eigenvalue weighted by Crippen LogP contribution is -2.48. The van der Waals surface area contributed by atoms with Gasteiger partial charge < -0.3 is 14.7 Å². The zero-order chi connectivity index (χ0) is 17.1. The quantitative estimate of drug-likeness (QED) is 0.924. The highest BCUT2D eigenvalue weighted by atomic mass is 32.2. The number of ether oxygens (including phenoxy) is 1. The molecule has 1 N–H and O–H groups in total. The van der Waals surface area contributed by atoms with Gasteiger partial charge in [0.25, 0.3) is 0 Å². The van der Waals surface area contributed by atoms with Crippen molar-refractivity contribution in [3.8, 4) is 5.75 Å². The number of thioether (sulfide) groups is 1. The van der Waals surface area contributed by atoms with Crippen molar-refractivity contribution in [3.63, 3.8) is 0 Å². The summed E-state index contributed by atoms with van der Waals surface area (Å²) in [5, 5.41) is 8.91. The molecule has 1 heterocycles. The molecular weight excluding hydrogens is 326 g/mol. The number of hydrogen-bond acceptors (Lipinski definition) is 4. The summed E-state index contributed by atoms with van der Waals surface area (Å²) in [6.45, 7) is 0. The second-order valence-corrected chi connectivity index (χ2v) is 6.52. The number of carbonyl (C=O) groups excluding carboxylic acids is 1. The molecule has 1 aliphatic rings. The molecule has 24 heavy (non-hydrogen) atoms. The summed E-state index contributed by atoms with van der Waals surface area (Å²) in [5.74, 6) is -0.188. The van der Waals surface area contributed by atoms with E-state index in [0.717, 1.165) is 5.56 Å². The van der Waals surface area contributed by atoms with Crippen LogP contribution in [0.5, 0.6) is 5.75 Å². The molecule has 0 radical (unpaired) electrons. The van der Waals surface area contributed by atoms with Gasteiger partial charge in [-0.1, -0.05) is 30.3 Å². The number of rotatable bonds is 4. The highest BCUT2D eigenvalue weighted by Gasteiger charge is 2.42. The average molecular weight is 343 g/mol. The van der Waals surface area contributed by atoms with Gasteiger partial charge in [-0.25, -0.2) is 0 Å². The highest BCUT2D eigenvalue weighted by Crippen LogP contribution is 2.40. The Kier molecular flexibility index (Phi) is 4.76. The van der Waals surface area contributed by atoms with Gasteiger partial charge in [0.2, 0.25) is 5.91 Å². The summed E-state index contributed by atoms with van der Waals surface area (Å²) in [6, 6.07) is 15.8. The molecule has 0 spiro atoms. The maximum absolute atomic E-state index is 12.6. The zero-order valence-corrected chi connectivity index (χ0v) is 13.9. The van der Waals surface area contributed by atoms with E-state index in [9.17, 15) is 14.7 Å². The van der Waals surface area contributed by atoms with Crippen molar-refractivity contribution in [2.75, 3.05) is 17.8 Å². The van der Waals surface area contributed by atoms with Crippen molar-refractivity contribution in [2.45, 2.75) is 11.3 Å². The SMILES string of the molecule is COc1ccc(N2C(=O)CSC(C(=O)O)C2c2ccccc2)cc1. The molecule has 1 aliphatic heterocycles. The minimum absolute atomic E-state index is 0.100. The van der Waals surface area contributed by atoms with Gasteiger partial charge in [0.05, 0.1) is 18.9 Å². The first-order chi connectivity index (χ1) is 11.6. The van der Waals surface area contributed by atoms with Crippen molar-refractivity contribution >= 4 is 29.3 Å². The molecule has 2 unspecified atom stereocenters. The second-order valence-electron chi connectivity index (χ2n) is 5.39. The van der Waals surface area contributed by atoms with Crippen LogP contribution in [-0.2, 0) is 9.59 Å². The van der Waals surface area contributed by atoms with Crippen LogP contribution in [0.15, 0.2) is 54.6 Å². The maximum atomic E-state index is 12.6. The Morgan fingerprint density at radius 2 is 1.83 bits per heavy atom. The van der Waals surface area contributed by atoms with Gasteiger partial charge in [-0.15, -0.1) is 11.8 Å². The van der Waals surface area contributed by atoms with E-state index in [-0.39, 0.29) is 11.7 Å². The van der Waals surface area contributed by atoms with Crippen molar-refractivity contribution in [1.82, 2.24) is 0 Å². The summed E-state index contributed by atoms with van der Waals surface area (Å²) in [6.07, 6.45) is 0. The van der Waals surface area contributed by atoms with Gasteiger partial charge in [-0.05, 0) is 29.8 Å². The zero-order valence-electron chi connectivity index (χ0n) is 13.1. The fourth-order valence-electron chi connectivity index (χ4n) is 2.84. The van der Waals surface area contributed by atoms with E-state index in [2.05, 4.69) is 0 Å². The van der Waals surface area contributed by atoms with Crippen LogP contribution in [0.2, 0.25) is 0 Å². The number of amides is 1. The molecule has 1 saturated heterocycles. The lowest BCUT2D eigenvalue weighted by Gasteiger charge is -2.39. The number of benzene rings is 2. The van der Waals surface area contributed by atoms with Gasteiger partial charge >= 0.3 is 5.97 Å². The molecule has 0 aromatic heterocycles. The summed E-state index contributed by atoms with van der Waals surface area (Å²) >= 11 is 1.17. The summed E-state index contributed by atoms with van der Waals surface area (Å²) in [7, 11) is 1.57. The van der Waals surface area contributed by atoms with E-state index in [4.69, 9.17) is 4.74 Å². The van der Waals surface area contributed by atoms with Crippen molar-refractivity contribution < 1.29 is 19.4 Å². The van der Waals surface area contributed by atoms with Crippen LogP contribution in [0, 0.1) is 0 Å². The lowest BCUT2D eigenvalue weighted by atomic mass is 10.00. The molecule has 2 aromatic carbocycles. The number of methoxy groups -OCH3 is 1. The predicted octanol–water partition coefficient (Wildman–Crippen LogP) is 2.97. The Balaban J connectivity index is 2.07. The van der Waals surface area contributed by atoms with Gasteiger partial charge in [-0.3, -0.25) is 9.59 Å². The van der Waals surface area contributed by atoms with E-state index in [1.54, 1.807) is 36.3 Å². The van der Waals surface area contributed by atoms with Crippen LogP contribution >= 0.6 is 11.8 Å². The fraction of sp³-hybridized carbons (Fsp3) is 0.222. The number of hydrogen-bond donors (Lipinski definition) is 1. The fourth-order valence-corrected chi connectivity index (χ4v) is 3.91. The lowest BCUT2D eigenvalue weighted by molar-refractivity contribution is -0.137. The normalized spacial score (nSPS) is 20.7. The van der Waals surface area contributed by atoms with E-state index in [1.165, 1.54) is 11.8 Å². The molecule has 3 rings (SSSR count). The third-order valence-electron chi connectivity index (χ3n) is 3.96. The minimum atomic E-state index is -0.917. The highest BCUT2D eigenvalue weighted by molar-refractivity contribution is 8.01. The van der Waals surface area contributed by atoms with Crippen molar-refractivity contribution in [1.29, 1.82) is 0 Å². The predicted molar refractivity (Wildman–Crippen MR) is 93.5 cm³/mol. The van der Waals surface area contributed by atoms with Crippen LogP contribution < -0.4 is 9.64 Å². The molecule has 2 aromatic rings. The van der Waals surface area contributed by atoms with E-state index in [1.807, 2.05) is 30.3 Å². The molecule has 0 bridgehead atoms. The molecule has 5 nitrogen and oxygen atoms in total. The number of nitrogens with zero attached hydrogens (tertiary/aromatic N) is 1. The monoisotopic (exact) mass is 343 g/mol. The number of carbonyl (C=O) groups is 2. The first kappa shape index (κ1) is 16.4. The molecule has 124 valence electrons. The standard InChI is InChI=1S/C18H17NO4S/c1-23-14-9-7-13(8-10-14)19-15(20)11-24-17(18(21)22)16(19)12-5-3-2-4-6-12/h2-10,16-17H,11H2,1H3,(H,21,22). The topological polar surface area (TPSA) is 66.8 Å². The van der Waals surface area contributed by atoms with Crippen molar-refractivity contribution in [2.24, 2.45) is 0 Å². The van der Waals surface area contributed by atoms with Gasteiger partial charge in [0.15, 0.2) is 0 Å². The minimum Gasteiger partial charge on any atom is -0.497 e. The summed E-state index contributed by atoms with van der Waals surface area (Å²) in [4.78, 5) is 25.9. The maximum Gasteiger partial charge on any atom is 0.319 e. The smallest absolute Gasteiger partial charge is 0.319 e. The Bertz CT molecular complexity index is 732.